The molecule has 0 saturated carbocycles. The van der Waals surface area contributed by atoms with Gasteiger partial charge in [0.1, 0.15) is 34.3 Å². The Morgan fingerprint density at radius 3 is 2.04 bits per heavy atom. The lowest BCUT2D eigenvalue weighted by Gasteiger charge is -2.24. The molecule has 6 heteroatoms. The molecule has 1 atom stereocenters. The van der Waals surface area contributed by atoms with Crippen LogP contribution >= 0.6 is 0 Å². The highest BCUT2D eigenvalue weighted by atomic mass is 16.3. The summed E-state index contributed by atoms with van der Waals surface area (Å²) in [6, 6.07) is 51.5. The molecule has 1 aliphatic rings. The number of pyridine rings is 1. The van der Waals surface area contributed by atoms with Crippen LogP contribution in [0.25, 0.3) is 66.3 Å². The van der Waals surface area contributed by atoms with Gasteiger partial charge >= 0.3 is 0 Å². The van der Waals surface area contributed by atoms with Gasteiger partial charge in [0.2, 0.25) is 0 Å². The second-order valence-electron chi connectivity index (χ2n) is 12.4. The van der Waals surface area contributed by atoms with Gasteiger partial charge in [-0.1, -0.05) is 133 Å². The van der Waals surface area contributed by atoms with E-state index in [-0.39, 0.29) is 6.17 Å². The van der Waals surface area contributed by atoms with Crippen molar-refractivity contribution in [3.05, 3.63) is 175 Å². The number of rotatable bonds is 5. The number of furan rings is 2. The van der Waals surface area contributed by atoms with Crippen molar-refractivity contribution in [1.29, 1.82) is 0 Å². The molecule has 50 heavy (non-hydrogen) atoms. The minimum absolute atomic E-state index is 0.347. The van der Waals surface area contributed by atoms with Gasteiger partial charge in [-0.25, -0.2) is 9.98 Å². The number of hydrogen-bond acceptors (Lipinski definition) is 6. The number of aliphatic imine (C=N–C) groups is 2. The van der Waals surface area contributed by atoms with Gasteiger partial charge in [-0.3, -0.25) is 4.98 Å². The predicted molar refractivity (Wildman–Crippen MR) is 201 cm³/mol. The van der Waals surface area contributed by atoms with E-state index in [1.54, 1.807) is 0 Å². The summed E-state index contributed by atoms with van der Waals surface area (Å²) in [5.41, 5.74) is 11.0. The monoisotopic (exact) mass is 644 g/mol. The first kappa shape index (κ1) is 28.2. The van der Waals surface area contributed by atoms with Crippen molar-refractivity contribution in [2.45, 2.75) is 6.17 Å². The number of amidine groups is 2. The fourth-order valence-electron chi connectivity index (χ4n) is 6.97. The maximum atomic E-state index is 6.49. The predicted octanol–water partition coefficient (Wildman–Crippen LogP) is 10.7. The van der Waals surface area contributed by atoms with Gasteiger partial charge in [0.25, 0.3) is 0 Å². The normalized spacial score (nSPS) is 14.6. The Labute approximate surface area is 287 Å². The van der Waals surface area contributed by atoms with Gasteiger partial charge in [0.05, 0.1) is 5.39 Å². The van der Waals surface area contributed by atoms with Gasteiger partial charge < -0.3 is 14.2 Å². The fraction of sp³-hybridized carbons (Fsp3) is 0.0227. The molecular formula is C44H28N4O2. The molecule has 1 unspecified atom stereocenters. The van der Waals surface area contributed by atoms with Crippen LogP contribution in [0, 0.1) is 0 Å². The van der Waals surface area contributed by atoms with Crippen molar-refractivity contribution in [2.75, 3.05) is 0 Å². The van der Waals surface area contributed by atoms with Crippen molar-refractivity contribution in [2.24, 2.45) is 9.98 Å². The van der Waals surface area contributed by atoms with E-state index in [4.69, 9.17) is 23.8 Å². The van der Waals surface area contributed by atoms with Crippen LogP contribution in [0.1, 0.15) is 22.9 Å². The third-order valence-corrected chi connectivity index (χ3v) is 9.41. The standard InChI is InChI=1S/C44H28N4O2/c1-3-11-27(12-4-1)28-21-23-30(24-22-28)43-46-42(29-13-5-2-6-14-29)47-44(48-43)35-18-10-20-37-39(35)40-38(49-37)25-31(26-45-40)32-16-9-17-34-33-15-7-8-19-36(33)50-41(32)34/h1-26,43H,(H,46,47,48). The molecular weight excluding hydrogens is 617 g/mol. The lowest BCUT2D eigenvalue weighted by atomic mass is 10.0. The molecule has 0 saturated heterocycles. The number of para-hydroxylation sites is 2. The molecule has 6 aromatic carbocycles. The summed E-state index contributed by atoms with van der Waals surface area (Å²) in [6.45, 7) is 0. The van der Waals surface area contributed by atoms with E-state index < -0.39 is 0 Å². The molecule has 0 fully saturated rings. The van der Waals surface area contributed by atoms with E-state index in [1.165, 1.54) is 5.56 Å². The molecule has 4 heterocycles. The fourth-order valence-corrected chi connectivity index (χ4v) is 6.97. The zero-order valence-electron chi connectivity index (χ0n) is 26.7. The summed E-state index contributed by atoms with van der Waals surface area (Å²) in [5.74, 6) is 1.37. The van der Waals surface area contributed by atoms with Gasteiger partial charge in [0, 0.05) is 39.2 Å². The third kappa shape index (κ3) is 4.69. The highest BCUT2D eigenvalue weighted by Gasteiger charge is 2.24. The van der Waals surface area contributed by atoms with E-state index >= 15 is 0 Å². The molecule has 0 radical (unpaired) electrons. The summed E-state index contributed by atoms with van der Waals surface area (Å²) in [6.07, 6.45) is 1.56. The topological polar surface area (TPSA) is 75.9 Å². The van der Waals surface area contributed by atoms with Crippen LogP contribution in [0.4, 0.5) is 0 Å². The molecule has 0 aliphatic carbocycles. The smallest absolute Gasteiger partial charge is 0.159 e. The summed E-state index contributed by atoms with van der Waals surface area (Å²) in [5, 5.41) is 6.71. The van der Waals surface area contributed by atoms with E-state index in [1.807, 2.05) is 72.9 Å². The summed E-state index contributed by atoms with van der Waals surface area (Å²) < 4.78 is 12.8. The highest BCUT2D eigenvalue weighted by molar-refractivity contribution is 6.21. The van der Waals surface area contributed by atoms with Crippen LogP contribution in [-0.4, -0.2) is 16.7 Å². The first-order valence-electron chi connectivity index (χ1n) is 16.6. The largest absolute Gasteiger partial charge is 0.455 e. The number of nitrogens with one attached hydrogen (secondary N) is 1. The maximum absolute atomic E-state index is 6.49. The van der Waals surface area contributed by atoms with Crippen molar-refractivity contribution >= 4 is 55.7 Å². The quantitative estimate of drug-likeness (QED) is 0.202. The van der Waals surface area contributed by atoms with Crippen molar-refractivity contribution < 1.29 is 8.83 Å². The Hall–Kier alpha value is -6.79. The number of nitrogens with zero attached hydrogens (tertiary/aromatic N) is 3. The zero-order valence-corrected chi connectivity index (χ0v) is 26.7. The minimum Gasteiger partial charge on any atom is -0.455 e. The molecule has 0 spiro atoms. The van der Waals surface area contributed by atoms with Gasteiger partial charge in [0.15, 0.2) is 11.4 Å². The number of fused-ring (bicyclic) bond motifs is 6. The van der Waals surface area contributed by atoms with Gasteiger partial charge in [-0.05, 0) is 34.9 Å². The first-order chi connectivity index (χ1) is 24.8. The van der Waals surface area contributed by atoms with E-state index in [0.29, 0.717) is 17.3 Å². The second kappa shape index (κ2) is 11.4. The van der Waals surface area contributed by atoms with Gasteiger partial charge in [-0.2, -0.15) is 0 Å². The minimum atomic E-state index is -0.347. The van der Waals surface area contributed by atoms with Crippen molar-refractivity contribution in [3.8, 4) is 22.3 Å². The van der Waals surface area contributed by atoms with Crippen LogP contribution in [0.2, 0.25) is 0 Å². The lowest BCUT2D eigenvalue weighted by Crippen LogP contribution is -2.33. The number of aromatic nitrogens is 1. The molecule has 10 rings (SSSR count). The molecule has 0 amide bonds. The zero-order chi connectivity index (χ0) is 33.0. The van der Waals surface area contributed by atoms with Crippen molar-refractivity contribution in [3.63, 3.8) is 0 Å². The average molecular weight is 645 g/mol. The lowest BCUT2D eigenvalue weighted by molar-refractivity contribution is 0.666. The summed E-state index contributed by atoms with van der Waals surface area (Å²) in [7, 11) is 0. The van der Waals surface area contributed by atoms with Gasteiger partial charge in [-0.15, -0.1) is 0 Å². The SMILES string of the molecule is c1ccc(C2=NC(c3ccc(-c4ccccc4)cc3)NC(c3cccc4oc5cc(-c6cccc7c6oc6ccccc67)cnc5c34)=N2)cc1. The highest BCUT2D eigenvalue weighted by Crippen LogP contribution is 2.38. The van der Waals surface area contributed by atoms with E-state index in [2.05, 4.69) is 90.2 Å². The Morgan fingerprint density at radius 1 is 0.520 bits per heavy atom. The molecule has 3 aromatic heterocycles. The van der Waals surface area contributed by atoms with Crippen LogP contribution in [0.3, 0.4) is 0 Å². The Morgan fingerprint density at radius 2 is 1.20 bits per heavy atom. The molecule has 6 nitrogen and oxygen atoms in total. The van der Waals surface area contributed by atoms with Crippen molar-refractivity contribution in [1.82, 2.24) is 10.3 Å². The Bertz CT molecular complexity index is 2780. The number of hydrogen-bond donors (Lipinski definition) is 1. The molecule has 9 aromatic rings. The van der Waals surface area contributed by atoms with Crippen LogP contribution in [-0.2, 0) is 0 Å². The van der Waals surface area contributed by atoms with Crippen LogP contribution in [0.15, 0.2) is 177 Å². The molecule has 0 bridgehead atoms. The van der Waals surface area contributed by atoms with E-state index in [0.717, 1.165) is 71.8 Å². The molecule has 1 N–H and O–H groups in total. The number of benzene rings is 6. The maximum Gasteiger partial charge on any atom is 0.159 e. The summed E-state index contributed by atoms with van der Waals surface area (Å²) >= 11 is 0. The first-order valence-corrected chi connectivity index (χ1v) is 16.6. The van der Waals surface area contributed by atoms with Crippen LogP contribution < -0.4 is 5.32 Å². The third-order valence-electron chi connectivity index (χ3n) is 9.41. The van der Waals surface area contributed by atoms with E-state index in [9.17, 15) is 0 Å². The molecule has 236 valence electrons. The second-order valence-corrected chi connectivity index (χ2v) is 12.4. The molecule has 1 aliphatic heterocycles. The average Bonchev–Trinajstić information content (AvgIpc) is 3.77. The van der Waals surface area contributed by atoms with Crippen LogP contribution in [0.5, 0.6) is 0 Å². The summed E-state index contributed by atoms with van der Waals surface area (Å²) in [4.78, 5) is 15.2. The Kier molecular flexibility index (Phi) is 6.45. The Balaban J connectivity index is 1.08.